The van der Waals surface area contributed by atoms with Crippen molar-refractivity contribution in [3.63, 3.8) is 0 Å². The Morgan fingerprint density at radius 2 is 1.74 bits per heavy atom. The molecule has 0 aromatic heterocycles. The molecule has 4 aliphatic rings. The largest absolute Gasteiger partial charge is 0.377 e. The number of fused-ring (bicyclic) bond motifs is 5. The van der Waals surface area contributed by atoms with E-state index in [2.05, 4.69) is 49.1 Å². The number of nitrogens with zero attached hydrogens (tertiary/aromatic N) is 1. The van der Waals surface area contributed by atoms with Crippen molar-refractivity contribution in [3.05, 3.63) is 101 Å². The number of benzene rings is 3. The van der Waals surface area contributed by atoms with Crippen molar-refractivity contribution >= 4 is 28.2 Å². The van der Waals surface area contributed by atoms with Crippen LogP contribution < -0.4 is 4.90 Å². The highest BCUT2D eigenvalue weighted by atomic mass is 16.3. The van der Waals surface area contributed by atoms with E-state index in [-0.39, 0.29) is 23.0 Å². The van der Waals surface area contributed by atoms with Crippen LogP contribution in [0.25, 0.3) is 10.8 Å². The molecule has 0 saturated heterocycles. The summed E-state index contributed by atoms with van der Waals surface area (Å²) in [7, 11) is 1.83. The zero-order valence-electron chi connectivity index (χ0n) is 25.3. The molecule has 1 amide bonds. The van der Waals surface area contributed by atoms with Gasteiger partial charge in [0, 0.05) is 36.1 Å². The number of amides is 1. The van der Waals surface area contributed by atoms with Crippen LogP contribution in [0.4, 0.5) is 5.69 Å². The van der Waals surface area contributed by atoms with Crippen molar-refractivity contribution in [1.82, 2.24) is 0 Å². The minimum Gasteiger partial charge on any atom is -0.377 e. The maximum atomic E-state index is 13.5. The molecular formula is C39H39NO3. The molecule has 3 aromatic carbocycles. The number of carbonyl (C=O) groups is 2. The molecule has 4 aliphatic carbocycles. The molecule has 43 heavy (non-hydrogen) atoms. The van der Waals surface area contributed by atoms with Crippen molar-refractivity contribution in [3.8, 4) is 11.8 Å². The van der Waals surface area contributed by atoms with Crippen molar-refractivity contribution in [2.24, 2.45) is 17.3 Å². The van der Waals surface area contributed by atoms with Gasteiger partial charge in [-0.05, 0) is 115 Å². The van der Waals surface area contributed by atoms with Crippen molar-refractivity contribution in [2.75, 3.05) is 11.9 Å². The molecule has 2 fully saturated rings. The lowest BCUT2D eigenvalue weighted by molar-refractivity contribution is -0.114. The quantitative estimate of drug-likeness (QED) is 0.328. The van der Waals surface area contributed by atoms with Crippen LogP contribution in [0.3, 0.4) is 0 Å². The summed E-state index contributed by atoms with van der Waals surface area (Å²) in [5.41, 5.74) is 5.53. The number of aliphatic hydroxyl groups is 1. The third-order valence-corrected chi connectivity index (χ3v) is 11.2. The predicted octanol–water partition coefficient (Wildman–Crippen LogP) is 7.77. The van der Waals surface area contributed by atoms with Crippen LogP contribution in [-0.4, -0.2) is 29.4 Å². The smallest absolute Gasteiger partial charge is 0.258 e. The lowest BCUT2D eigenvalue weighted by Gasteiger charge is -2.53. The Bertz CT molecular complexity index is 1770. The van der Waals surface area contributed by atoms with Crippen LogP contribution in [0.1, 0.15) is 80.6 Å². The number of hydrogen-bond donors (Lipinski definition) is 1. The summed E-state index contributed by atoms with van der Waals surface area (Å²) >= 11 is 0. The van der Waals surface area contributed by atoms with Gasteiger partial charge >= 0.3 is 0 Å². The van der Waals surface area contributed by atoms with Crippen LogP contribution in [0.15, 0.2) is 89.5 Å². The first-order chi connectivity index (χ1) is 20.7. The first-order valence-corrected chi connectivity index (χ1v) is 15.7. The first kappa shape index (κ1) is 27.9. The molecule has 3 aromatic rings. The highest BCUT2D eigenvalue weighted by Gasteiger charge is 2.62. The molecule has 0 unspecified atom stereocenters. The van der Waals surface area contributed by atoms with Crippen LogP contribution in [0, 0.1) is 29.1 Å². The van der Waals surface area contributed by atoms with Crippen molar-refractivity contribution in [1.29, 1.82) is 0 Å². The zero-order valence-corrected chi connectivity index (χ0v) is 25.3. The summed E-state index contributed by atoms with van der Waals surface area (Å²) < 4.78 is 0. The van der Waals surface area contributed by atoms with Gasteiger partial charge in [-0.1, -0.05) is 60.9 Å². The van der Waals surface area contributed by atoms with Crippen LogP contribution in [-0.2, 0) is 4.79 Å². The molecule has 0 radical (unpaired) electrons. The van der Waals surface area contributed by atoms with Gasteiger partial charge in [0.15, 0.2) is 5.78 Å². The van der Waals surface area contributed by atoms with E-state index >= 15 is 0 Å². The molecule has 0 heterocycles. The van der Waals surface area contributed by atoms with Crippen molar-refractivity contribution in [2.45, 2.75) is 70.3 Å². The summed E-state index contributed by atoms with van der Waals surface area (Å²) in [4.78, 5) is 27.6. The van der Waals surface area contributed by atoms with Gasteiger partial charge in [-0.3, -0.25) is 9.59 Å². The molecule has 0 bridgehead atoms. The molecule has 1 N–H and O–H groups in total. The minimum atomic E-state index is -0.994. The standard InChI is InChI=1S/C39H39NO3/c1-4-20-39(43)21-19-35-33-17-13-28-23-31(41)16-18-32(28)36(33)34(24-38(35,39)2)26-11-14-30(15-12-26)40(3)37(42)29-10-9-25-7-5-6-8-27(25)22-29/h5-12,14-15,22-23,33-35,43H,13,16-19,21,24H2,1-3H3/t33-,34+,35-,38-,39-/m0/s1. The highest BCUT2D eigenvalue weighted by Crippen LogP contribution is 2.66. The Labute approximate surface area is 254 Å². The number of hydrogen-bond acceptors (Lipinski definition) is 3. The topological polar surface area (TPSA) is 57.6 Å². The lowest BCUT2D eigenvalue weighted by Crippen LogP contribution is -2.51. The Morgan fingerprint density at radius 3 is 2.51 bits per heavy atom. The highest BCUT2D eigenvalue weighted by molar-refractivity contribution is 6.07. The van der Waals surface area contributed by atoms with Gasteiger partial charge in [0.1, 0.15) is 5.60 Å². The average molecular weight is 570 g/mol. The van der Waals surface area contributed by atoms with Gasteiger partial charge in [-0.25, -0.2) is 0 Å². The van der Waals surface area contributed by atoms with Gasteiger partial charge in [-0.15, -0.1) is 5.92 Å². The van der Waals surface area contributed by atoms with Gasteiger partial charge in [0.05, 0.1) is 0 Å². The Hall–Kier alpha value is -3.94. The van der Waals surface area contributed by atoms with E-state index in [0.29, 0.717) is 30.2 Å². The molecule has 0 spiro atoms. The monoisotopic (exact) mass is 569 g/mol. The number of allylic oxidation sites excluding steroid dienone is 4. The van der Waals surface area contributed by atoms with Crippen molar-refractivity contribution < 1.29 is 14.7 Å². The Morgan fingerprint density at radius 1 is 0.977 bits per heavy atom. The second kappa shape index (κ2) is 10.4. The Kier molecular flexibility index (Phi) is 6.71. The fourth-order valence-corrected chi connectivity index (χ4v) is 8.94. The fourth-order valence-electron chi connectivity index (χ4n) is 8.94. The number of carbonyl (C=O) groups excluding carboxylic acids is 2. The average Bonchev–Trinajstić information content (AvgIpc) is 3.29. The van der Waals surface area contributed by atoms with E-state index in [4.69, 9.17) is 0 Å². The number of rotatable bonds is 3. The van der Waals surface area contributed by atoms with Crippen LogP contribution >= 0.6 is 0 Å². The first-order valence-electron chi connectivity index (χ1n) is 15.7. The molecule has 2 saturated carbocycles. The molecule has 4 nitrogen and oxygen atoms in total. The molecule has 4 heteroatoms. The van der Waals surface area contributed by atoms with E-state index in [9.17, 15) is 14.7 Å². The van der Waals surface area contributed by atoms with E-state index < -0.39 is 5.60 Å². The van der Waals surface area contributed by atoms with Gasteiger partial charge in [0.25, 0.3) is 5.91 Å². The molecule has 7 rings (SSSR count). The summed E-state index contributed by atoms with van der Waals surface area (Å²) in [6.45, 7) is 4.09. The second-order valence-electron chi connectivity index (χ2n) is 13.3. The van der Waals surface area contributed by atoms with Gasteiger partial charge in [-0.2, -0.15) is 0 Å². The van der Waals surface area contributed by atoms with E-state index in [1.165, 1.54) is 22.3 Å². The SMILES string of the molecule is CC#C[C@]1(O)CC[C@H]2[C@@H]3CCC4=CC(=O)CCC4=C3[C@@H](c3ccc(N(C)C(=O)c4ccc5ccccc5c4)cc3)C[C@@]21C. The van der Waals surface area contributed by atoms with Crippen LogP contribution in [0.2, 0.25) is 0 Å². The maximum Gasteiger partial charge on any atom is 0.258 e. The van der Waals surface area contributed by atoms with E-state index in [1.54, 1.807) is 4.90 Å². The summed E-state index contributed by atoms with van der Waals surface area (Å²) in [6.07, 6.45) is 7.77. The lowest BCUT2D eigenvalue weighted by atomic mass is 9.51. The third kappa shape index (κ3) is 4.40. The number of ketones is 1. The van der Waals surface area contributed by atoms with Gasteiger partial charge < -0.3 is 10.0 Å². The third-order valence-electron chi connectivity index (χ3n) is 11.2. The zero-order chi connectivity index (χ0) is 29.9. The normalized spacial score (nSPS) is 29.6. The second-order valence-corrected chi connectivity index (χ2v) is 13.3. The predicted molar refractivity (Wildman–Crippen MR) is 172 cm³/mol. The van der Waals surface area contributed by atoms with E-state index in [1.807, 2.05) is 56.4 Å². The van der Waals surface area contributed by atoms with E-state index in [0.717, 1.165) is 48.6 Å². The summed E-state index contributed by atoms with van der Waals surface area (Å²) in [6, 6.07) is 22.4. The van der Waals surface area contributed by atoms with Gasteiger partial charge in [0.2, 0.25) is 0 Å². The molecule has 0 aliphatic heterocycles. The van der Waals surface area contributed by atoms with Crippen LogP contribution in [0.5, 0.6) is 0 Å². The Balaban J connectivity index is 1.25. The fraction of sp³-hybridized carbons (Fsp3) is 0.385. The summed E-state index contributed by atoms with van der Waals surface area (Å²) in [5, 5.41) is 14.1. The minimum absolute atomic E-state index is 0.0420. The molecule has 5 atom stereocenters. The molecule has 218 valence electrons. The maximum absolute atomic E-state index is 13.5. The number of anilines is 1. The summed E-state index contributed by atoms with van der Waals surface area (Å²) in [5.74, 6) is 7.38. The molecular weight excluding hydrogens is 530 g/mol.